The summed E-state index contributed by atoms with van der Waals surface area (Å²) >= 11 is 0. The molecule has 0 radical (unpaired) electrons. The highest BCUT2D eigenvalue weighted by Crippen LogP contribution is 2.06. The van der Waals surface area contributed by atoms with E-state index in [1.54, 1.807) is 21.0 Å². The minimum Gasteiger partial charge on any atom is -0.347 e. The molecule has 0 aromatic carbocycles. The first kappa shape index (κ1) is 13.0. The van der Waals surface area contributed by atoms with Crippen molar-refractivity contribution < 1.29 is 9.59 Å². The predicted molar refractivity (Wildman–Crippen MR) is 62.0 cm³/mol. The third kappa shape index (κ3) is 3.48. The Balaban J connectivity index is 2.28. The van der Waals surface area contributed by atoms with Crippen LogP contribution in [0.15, 0.2) is 0 Å². The fourth-order valence-electron chi connectivity index (χ4n) is 1.79. The van der Waals surface area contributed by atoms with Gasteiger partial charge in [0.2, 0.25) is 11.8 Å². The number of rotatable bonds is 4. The molecule has 1 aliphatic heterocycles. The van der Waals surface area contributed by atoms with Crippen LogP contribution in [0.4, 0.5) is 0 Å². The molecular weight excluding hydrogens is 206 g/mol. The first-order valence-corrected chi connectivity index (χ1v) is 5.74. The molecule has 1 aliphatic rings. The zero-order valence-corrected chi connectivity index (χ0v) is 10.3. The maximum Gasteiger partial charge on any atom is 0.238 e. The molecule has 0 aromatic heterocycles. The second-order valence-corrected chi connectivity index (χ2v) is 4.42. The number of amides is 2. The molecule has 92 valence electrons. The van der Waals surface area contributed by atoms with Gasteiger partial charge in [-0.25, -0.2) is 0 Å². The average Bonchev–Trinajstić information content (AvgIpc) is 2.77. The van der Waals surface area contributed by atoms with Gasteiger partial charge >= 0.3 is 0 Å². The maximum atomic E-state index is 11.7. The van der Waals surface area contributed by atoms with E-state index < -0.39 is 0 Å². The lowest BCUT2D eigenvalue weighted by Crippen LogP contribution is -2.46. The molecule has 16 heavy (non-hydrogen) atoms. The van der Waals surface area contributed by atoms with E-state index >= 15 is 0 Å². The minimum absolute atomic E-state index is 0.00535. The Hall–Kier alpha value is -1.10. The Morgan fingerprint density at radius 2 is 1.88 bits per heavy atom. The molecule has 5 heteroatoms. The van der Waals surface area contributed by atoms with Gasteiger partial charge in [-0.1, -0.05) is 0 Å². The van der Waals surface area contributed by atoms with Gasteiger partial charge in [0, 0.05) is 27.2 Å². The lowest BCUT2D eigenvalue weighted by molar-refractivity contribution is -0.131. The van der Waals surface area contributed by atoms with Gasteiger partial charge < -0.3 is 9.80 Å². The monoisotopic (exact) mass is 227 g/mol. The van der Waals surface area contributed by atoms with Crippen molar-refractivity contribution in [3.63, 3.8) is 0 Å². The molecule has 0 aromatic rings. The van der Waals surface area contributed by atoms with Crippen LogP contribution in [0, 0.1) is 0 Å². The Bertz CT molecular complexity index is 260. The van der Waals surface area contributed by atoms with Gasteiger partial charge in [-0.15, -0.1) is 0 Å². The van der Waals surface area contributed by atoms with Gasteiger partial charge in [-0.05, 0) is 19.8 Å². The summed E-state index contributed by atoms with van der Waals surface area (Å²) in [4.78, 5) is 26.6. The van der Waals surface area contributed by atoms with Crippen LogP contribution in [-0.2, 0) is 9.59 Å². The van der Waals surface area contributed by atoms with Crippen molar-refractivity contribution in [1.29, 1.82) is 0 Å². The first-order chi connectivity index (χ1) is 7.52. The van der Waals surface area contributed by atoms with Gasteiger partial charge in [0.1, 0.15) is 0 Å². The number of likely N-dealkylation sites (tertiary alicyclic amines) is 1. The van der Waals surface area contributed by atoms with E-state index in [-0.39, 0.29) is 24.4 Å². The number of nitrogens with one attached hydrogen (secondary N) is 1. The molecule has 1 rings (SSSR count). The summed E-state index contributed by atoms with van der Waals surface area (Å²) in [7, 11) is 3.42. The van der Waals surface area contributed by atoms with Crippen LogP contribution in [-0.4, -0.2) is 61.4 Å². The van der Waals surface area contributed by atoms with Crippen molar-refractivity contribution in [3.05, 3.63) is 0 Å². The van der Waals surface area contributed by atoms with Gasteiger partial charge in [0.25, 0.3) is 0 Å². The van der Waals surface area contributed by atoms with Crippen LogP contribution < -0.4 is 5.32 Å². The van der Waals surface area contributed by atoms with Crippen molar-refractivity contribution in [2.75, 3.05) is 33.7 Å². The van der Waals surface area contributed by atoms with Crippen molar-refractivity contribution in [2.24, 2.45) is 0 Å². The standard InChI is InChI=1S/C11H21N3O2/c1-9(11(16)13(2)3)12-8-10(15)14-6-4-5-7-14/h9,12H,4-8H2,1-3H3. The summed E-state index contributed by atoms with van der Waals surface area (Å²) in [6, 6.07) is -0.304. The Morgan fingerprint density at radius 3 is 2.38 bits per heavy atom. The van der Waals surface area contributed by atoms with E-state index in [9.17, 15) is 9.59 Å². The smallest absolute Gasteiger partial charge is 0.238 e. The molecule has 1 unspecified atom stereocenters. The SMILES string of the molecule is CC(NCC(=O)N1CCCC1)C(=O)N(C)C. The van der Waals surface area contributed by atoms with E-state index in [4.69, 9.17) is 0 Å². The maximum absolute atomic E-state index is 11.7. The molecule has 0 bridgehead atoms. The number of carbonyl (C=O) groups excluding carboxylic acids is 2. The highest BCUT2D eigenvalue weighted by Gasteiger charge is 2.20. The fraction of sp³-hybridized carbons (Fsp3) is 0.818. The highest BCUT2D eigenvalue weighted by atomic mass is 16.2. The molecule has 1 N–H and O–H groups in total. The molecule has 5 nitrogen and oxygen atoms in total. The summed E-state index contributed by atoms with van der Waals surface area (Å²) in [6.45, 7) is 3.74. The third-order valence-corrected chi connectivity index (χ3v) is 2.83. The molecular formula is C11H21N3O2. The summed E-state index contributed by atoms with van der Waals surface area (Å²) in [6.07, 6.45) is 2.19. The second kappa shape index (κ2) is 5.84. The summed E-state index contributed by atoms with van der Waals surface area (Å²) in [5.41, 5.74) is 0. The Morgan fingerprint density at radius 1 is 1.31 bits per heavy atom. The molecule has 2 amide bonds. The van der Waals surface area contributed by atoms with Crippen LogP contribution >= 0.6 is 0 Å². The van der Waals surface area contributed by atoms with Crippen molar-refractivity contribution >= 4 is 11.8 Å². The largest absolute Gasteiger partial charge is 0.347 e. The molecule has 1 fully saturated rings. The van der Waals surface area contributed by atoms with Gasteiger partial charge in [0.15, 0.2) is 0 Å². The minimum atomic E-state index is -0.304. The highest BCUT2D eigenvalue weighted by molar-refractivity contribution is 5.83. The van der Waals surface area contributed by atoms with Crippen molar-refractivity contribution in [1.82, 2.24) is 15.1 Å². The first-order valence-electron chi connectivity index (χ1n) is 5.74. The normalized spacial score (nSPS) is 17.3. The third-order valence-electron chi connectivity index (χ3n) is 2.83. The van der Waals surface area contributed by atoms with E-state index in [2.05, 4.69) is 5.32 Å². The topological polar surface area (TPSA) is 52.7 Å². The van der Waals surface area contributed by atoms with Crippen LogP contribution in [0.1, 0.15) is 19.8 Å². The molecule has 1 saturated heterocycles. The molecule has 0 spiro atoms. The van der Waals surface area contributed by atoms with Crippen molar-refractivity contribution in [3.8, 4) is 0 Å². The summed E-state index contributed by atoms with van der Waals surface area (Å²) in [5, 5.41) is 2.96. The van der Waals surface area contributed by atoms with E-state index in [1.165, 1.54) is 4.90 Å². The lowest BCUT2D eigenvalue weighted by Gasteiger charge is -2.20. The lowest BCUT2D eigenvalue weighted by atomic mass is 10.3. The molecule has 0 saturated carbocycles. The molecule has 1 heterocycles. The van der Waals surface area contributed by atoms with Crippen LogP contribution in [0.3, 0.4) is 0 Å². The van der Waals surface area contributed by atoms with Crippen LogP contribution in [0.2, 0.25) is 0 Å². The van der Waals surface area contributed by atoms with Crippen LogP contribution in [0.5, 0.6) is 0 Å². The zero-order chi connectivity index (χ0) is 12.1. The fourth-order valence-corrected chi connectivity index (χ4v) is 1.79. The molecule has 1 atom stereocenters. The number of likely N-dealkylation sites (N-methyl/N-ethyl adjacent to an activating group) is 1. The van der Waals surface area contributed by atoms with Crippen LogP contribution in [0.25, 0.3) is 0 Å². The number of hydrogen-bond donors (Lipinski definition) is 1. The number of nitrogens with zero attached hydrogens (tertiary/aromatic N) is 2. The van der Waals surface area contributed by atoms with E-state index in [0.717, 1.165) is 25.9 Å². The van der Waals surface area contributed by atoms with Crippen molar-refractivity contribution in [2.45, 2.75) is 25.8 Å². The number of hydrogen-bond acceptors (Lipinski definition) is 3. The number of carbonyl (C=O) groups is 2. The Labute approximate surface area is 96.8 Å². The predicted octanol–water partition coefficient (Wildman–Crippen LogP) is -0.325. The molecule has 0 aliphatic carbocycles. The quantitative estimate of drug-likeness (QED) is 0.716. The van der Waals surface area contributed by atoms with Gasteiger partial charge in [-0.3, -0.25) is 14.9 Å². The van der Waals surface area contributed by atoms with Gasteiger partial charge in [-0.2, -0.15) is 0 Å². The zero-order valence-electron chi connectivity index (χ0n) is 10.3. The summed E-state index contributed by atoms with van der Waals surface area (Å²) in [5.74, 6) is 0.0881. The Kier molecular flexibility index (Phi) is 4.73. The van der Waals surface area contributed by atoms with E-state index in [1.807, 2.05) is 4.90 Å². The average molecular weight is 227 g/mol. The van der Waals surface area contributed by atoms with Gasteiger partial charge in [0.05, 0.1) is 12.6 Å². The summed E-state index contributed by atoms with van der Waals surface area (Å²) < 4.78 is 0. The second-order valence-electron chi connectivity index (χ2n) is 4.42. The van der Waals surface area contributed by atoms with E-state index in [0.29, 0.717) is 0 Å².